The largest absolute Gasteiger partial charge is 0.381 e. The zero-order chi connectivity index (χ0) is 14.8. The summed E-state index contributed by atoms with van der Waals surface area (Å²) in [5, 5.41) is 13.6. The molecule has 2 aromatic heterocycles. The van der Waals surface area contributed by atoms with E-state index >= 15 is 0 Å². The van der Waals surface area contributed by atoms with E-state index in [1.165, 1.54) is 17.7 Å². The van der Waals surface area contributed by atoms with Crippen LogP contribution in [0.3, 0.4) is 0 Å². The topological polar surface area (TPSA) is 65.7 Å². The quantitative estimate of drug-likeness (QED) is 0.867. The van der Waals surface area contributed by atoms with Gasteiger partial charge in [-0.15, -0.1) is 5.10 Å². The summed E-state index contributed by atoms with van der Waals surface area (Å²) in [6, 6.07) is 4.58. The summed E-state index contributed by atoms with van der Waals surface area (Å²) in [5.41, 5.74) is 2.58. The van der Waals surface area contributed by atoms with Gasteiger partial charge in [0.25, 0.3) is 0 Å². The van der Waals surface area contributed by atoms with E-state index in [1.807, 2.05) is 16.9 Å². The van der Waals surface area contributed by atoms with Gasteiger partial charge in [0.15, 0.2) is 0 Å². The van der Waals surface area contributed by atoms with Gasteiger partial charge in [-0.25, -0.2) is 4.68 Å². The van der Waals surface area contributed by atoms with E-state index in [4.69, 9.17) is 4.74 Å². The van der Waals surface area contributed by atoms with Crippen molar-refractivity contribution in [2.45, 2.75) is 48.6 Å². The number of hydrogen-bond donors (Lipinski definition) is 0. The molecule has 4 rings (SSSR count). The van der Waals surface area contributed by atoms with Crippen LogP contribution in [0, 0.1) is 0 Å². The smallest absolute Gasteiger partial charge is 0.210 e. The van der Waals surface area contributed by atoms with Crippen LogP contribution in [-0.4, -0.2) is 38.4 Å². The molecule has 0 radical (unpaired) electrons. The first-order valence-electron chi connectivity index (χ1n) is 7.88. The average Bonchev–Trinajstić information content (AvgIpc) is 3.04. The standard InChI is InChI=1S/C15H19N5OS/c1-3-11-4-2-8-16-14(11)13(5-1)22-15-17-18-19-20(15)12-6-9-21-10-7-12/h2,4,8,12-13H,1,3,5-7,9-10H2. The van der Waals surface area contributed by atoms with E-state index in [1.54, 1.807) is 11.8 Å². The maximum atomic E-state index is 5.44. The Hall–Kier alpha value is -1.47. The summed E-state index contributed by atoms with van der Waals surface area (Å²) in [4.78, 5) is 4.60. The molecular formula is C15H19N5OS. The Morgan fingerprint density at radius 1 is 1.23 bits per heavy atom. The first-order valence-corrected chi connectivity index (χ1v) is 8.76. The lowest BCUT2D eigenvalue weighted by Crippen LogP contribution is -2.21. The van der Waals surface area contributed by atoms with E-state index in [-0.39, 0.29) is 0 Å². The first-order chi connectivity index (χ1) is 10.9. The molecular weight excluding hydrogens is 298 g/mol. The zero-order valence-electron chi connectivity index (χ0n) is 12.4. The van der Waals surface area contributed by atoms with Crippen LogP contribution in [0.15, 0.2) is 23.5 Å². The van der Waals surface area contributed by atoms with Crippen molar-refractivity contribution in [1.82, 2.24) is 25.2 Å². The fourth-order valence-electron chi connectivity index (χ4n) is 3.23. The summed E-state index contributed by atoms with van der Waals surface area (Å²) < 4.78 is 7.43. The third-order valence-electron chi connectivity index (χ3n) is 4.39. The summed E-state index contributed by atoms with van der Waals surface area (Å²) >= 11 is 1.76. The molecule has 1 aliphatic heterocycles. The van der Waals surface area contributed by atoms with Crippen molar-refractivity contribution in [2.75, 3.05) is 13.2 Å². The van der Waals surface area contributed by atoms with Crippen LogP contribution in [0.5, 0.6) is 0 Å². The molecule has 1 unspecified atom stereocenters. The molecule has 1 aliphatic carbocycles. The average molecular weight is 317 g/mol. The molecule has 0 saturated carbocycles. The van der Waals surface area contributed by atoms with Gasteiger partial charge in [0.05, 0.1) is 17.0 Å². The van der Waals surface area contributed by atoms with E-state index in [0.29, 0.717) is 11.3 Å². The van der Waals surface area contributed by atoms with Gasteiger partial charge in [0, 0.05) is 19.4 Å². The molecule has 0 N–H and O–H groups in total. The van der Waals surface area contributed by atoms with E-state index < -0.39 is 0 Å². The Kier molecular flexibility index (Phi) is 4.07. The van der Waals surface area contributed by atoms with Crippen molar-refractivity contribution < 1.29 is 4.74 Å². The summed E-state index contributed by atoms with van der Waals surface area (Å²) in [5.74, 6) is 0. The van der Waals surface area contributed by atoms with Gasteiger partial charge in [-0.05, 0) is 54.2 Å². The molecule has 0 bridgehead atoms. The molecule has 3 heterocycles. The highest BCUT2D eigenvalue weighted by atomic mass is 32.2. The van der Waals surface area contributed by atoms with Gasteiger partial charge in [0.1, 0.15) is 0 Å². The van der Waals surface area contributed by atoms with Gasteiger partial charge in [-0.1, -0.05) is 17.8 Å². The highest BCUT2D eigenvalue weighted by Gasteiger charge is 2.27. The first kappa shape index (κ1) is 14.1. The molecule has 2 aliphatic rings. The van der Waals surface area contributed by atoms with Crippen LogP contribution in [0.25, 0.3) is 0 Å². The van der Waals surface area contributed by atoms with E-state index in [0.717, 1.165) is 44.1 Å². The van der Waals surface area contributed by atoms with Crippen molar-refractivity contribution in [3.8, 4) is 0 Å². The molecule has 7 heteroatoms. The van der Waals surface area contributed by atoms with Crippen LogP contribution < -0.4 is 0 Å². The molecule has 6 nitrogen and oxygen atoms in total. The van der Waals surface area contributed by atoms with Crippen LogP contribution in [0.4, 0.5) is 0 Å². The SMILES string of the molecule is c1cnc2c(c1)CCCC2Sc1nnnn1C1CCOCC1. The lowest BCUT2D eigenvalue weighted by Gasteiger charge is -2.25. The van der Waals surface area contributed by atoms with Gasteiger partial charge in [-0.3, -0.25) is 4.98 Å². The maximum absolute atomic E-state index is 5.44. The fourth-order valence-corrected chi connectivity index (χ4v) is 4.47. The fraction of sp³-hybridized carbons (Fsp3) is 0.600. The number of fused-ring (bicyclic) bond motifs is 1. The predicted molar refractivity (Wildman–Crippen MR) is 82.7 cm³/mol. The van der Waals surface area contributed by atoms with Crippen LogP contribution in [0.1, 0.15) is 48.2 Å². The number of aryl methyl sites for hydroxylation is 1. The van der Waals surface area contributed by atoms with Crippen molar-refractivity contribution in [3.05, 3.63) is 29.6 Å². The molecule has 1 saturated heterocycles. The molecule has 0 amide bonds. The Balaban J connectivity index is 1.56. The number of thioether (sulfide) groups is 1. The molecule has 1 fully saturated rings. The third kappa shape index (κ3) is 2.75. The number of tetrazole rings is 1. The van der Waals surface area contributed by atoms with Gasteiger partial charge < -0.3 is 4.74 Å². The highest BCUT2D eigenvalue weighted by Crippen LogP contribution is 2.42. The summed E-state index contributed by atoms with van der Waals surface area (Å²) in [6.45, 7) is 1.59. The number of hydrogen-bond acceptors (Lipinski definition) is 6. The second kappa shape index (κ2) is 6.34. The highest BCUT2D eigenvalue weighted by molar-refractivity contribution is 7.99. The number of ether oxygens (including phenoxy) is 1. The number of rotatable bonds is 3. The Morgan fingerprint density at radius 3 is 3.05 bits per heavy atom. The molecule has 116 valence electrons. The van der Waals surface area contributed by atoms with Crippen molar-refractivity contribution in [3.63, 3.8) is 0 Å². The minimum absolute atomic E-state index is 0.356. The third-order valence-corrected chi connectivity index (χ3v) is 5.61. The lowest BCUT2D eigenvalue weighted by atomic mass is 9.96. The second-order valence-electron chi connectivity index (χ2n) is 5.80. The van der Waals surface area contributed by atoms with Crippen molar-refractivity contribution in [1.29, 1.82) is 0 Å². The Labute approximate surface area is 133 Å². The van der Waals surface area contributed by atoms with Crippen LogP contribution in [0.2, 0.25) is 0 Å². The molecule has 0 spiro atoms. The lowest BCUT2D eigenvalue weighted by molar-refractivity contribution is 0.0631. The number of nitrogens with zero attached hydrogens (tertiary/aromatic N) is 5. The van der Waals surface area contributed by atoms with E-state index in [9.17, 15) is 0 Å². The molecule has 2 aromatic rings. The number of pyridine rings is 1. The summed E-state index contributed by atoms with van der Waals surface area (Å²) in [7, 11) is 0. The van der Waals surface area contributed by atoms with Crippen LogP contribution >= 0.6 is 11.8 Å². The monoisotopic (exact) mass is 317 g/mol. The van der Waals surface area contributed by atoms with Gasteiger partial charge >= 0.3 is 0 Å². The summed E-state index contributed by atoms with van der Waals surface area (Å²) in [6.07, 6.45) is 7.32. The van der Waals surface area contributed by atoms with Gasteiger partial charge in [0.2, 0.25) is 5.16 Å². The predicted octanol–water partition coefficient (Wildman–Crippen LogP) is 2.59. The molecule has 0 aromatic carbocycles. The Bertz CT molecular complexity index is 640. The van der Waals surface area contributed by atoms with Gasteiger partial charge in [-0.2, -0.15) is 0 Å². The normalized spacial score (nSPS) is 22.5. The van der Waals surface area contributed by atoms with Crippen molar-refractivity contribution in [2.24, 2.45) is 0 Å². The molecule has 1 atom stereocenters. The number of aromatic nitrogens is 5. The minimum Gasteiger partial charge on any atom is -0.381 e. The second-order valence-corrected chi connectivity index (χ2v) is 6.97. The Morgan fingerprint density at radius 2 is 2.14 bits per heavy atom. The van der Waals surface area contributed by atoms with Crippen LogP contribution in [-0.2, 0) is 11.2 Å². The zero-order valence-corrected chi connectivity index (χ0v) is 13.2. The molecule has 22 heavy (non-hydrogen) atoms. The van der Waals surface area contributed by atoms with Crippen molar-refractivity contribution >= 4 is 11.8 Å². The van der Waals surface area contributed by atoms with E-state index in [2.05, 4.69) is 26.6 Å². The minimum atomic E-state index is 0.356. The maximum Gasteiger partial charge on any atom is 0.210 e.